The zero-order valence-electron chi connectivity index (χ0n) is 9.91. The molecule has 0 N–H and O–H groups in total. The number of rotatable bonds is 2. The van der Waals surface area contributed by atoms with Crippen molar-refractivity contribution in [1.82, 2.24) is 9.55 Å². The molecule has 0 bridgehead atoms. The molecular weight excluding hydrogens is 184 g/mol. The highest BCUT2D eigenvalue weighted by Crippen LogP contribution is 2.22. The number of hydrogen-bond acceptors (Lipinski definition) is 1. The maximum atomic E-state index is 4.45. The van der Waals surface area contributed by atoms with Gasteiger partial charge in [-0.05, 0) is 50.5 Å². The maximum Gasteiger partial charge on any atom is 0.0960 e. The van der Waals surface area contributed by atoms with E-state index in [1.54, 1.807) is 0 Å². The van der Waals surface area contributed by atoms with Crippen molar-refractivity contribution in [2.75, 3.05) is 0 Å². The van der Waals surface area contributed by atoms with Crippen LogP contribution in [-0.4, -0.2) is 9.55 Å². The van der Waals surface area contributed by atoms with Gasteiger partial charge in [0, 0.05) is 6.04 Å². The second-order valence-corrected chi connectivity index (χ2v) is 4.33. The lowest BCUT2D eigenvalue weighted by Crippen LogP contribution is -2.01. The molecule has 0 aliphatic heterocycles. The Balaban J connectivity index is 2.64. The van der Waals surface area contributed by atoms with Gasteiger partial charge in [-0.1, -0.05) is 6.92 Å². The van der Waals surface area contributed by atoms with Gasteiger partial charge in [-0.3, -0.25) is 0 Å². The van der Waals surface area contributed by atoms with E-state index in [0.29, 0.717) is 6.04 Å². The second-order valence-electron chi connectivity index (χ2n) is 4.33. The molecule has 2 rings (SSSR count). The van der Waals surface area contributed by atoms with Crippen molar-refractivity contribution in [3.63, 3.8) is 0 Å². The van der Waals surface area contributed by atoms with Gasteiger partial charge >= 0.3 is 0 Å². The van der Waals surface area contributed by atoms with Gasteiger partial charge < -0.3 is 4.57 Å². The average molecular weight is 202 g/mol. The van der Waals surface area contributed by atoms with Crippen molar-refractivity contribution in [3.05, 3.63) is 29.6 Å². The van der Waals surface area contributed by atoms with Gasteiger partial charge in [0.1, 0.15) is 0 Å². The third-order valence-electron chi connectivity index (χ3n) is 3.26. The minimum absolute atomic E-state index is 0.525. The van der Waals surface area contributed by atoms with E-state index in [0.717, 1.165) is 11.9 Å². The first-order valence-electron chi connectivity index (χ1n) is 5.57. The lowest BCUT2D eigenvalue weighted by atomic mass is 10.1. The summed E-state index contributed by atoms with van der Waals surface area (Å²) in [6.07, 6.45) is 3.09. The summed E-state index contributed by atoms with van der Waals surface area (Å²) < 4.78 is 2.27. The highest BCUT2D eigenvalue weighted by atomic mass is 15.1. The number of imidazole rings is 1. The minimum Gasteiger partial charge on any atom is -0.328 e. The average Bonchev–Trinajstić information content (AvgIpc) is 2.61. The Hall–Kier alpha value is -1.31. The summed E-state index contributed by atoms with van der Waals surface area (Å²) in [6.45, 7) is 8.73. The number of hydrogen-bond donors (Lipinski definition) is 0. The fourth-order valence-corrected chi connectivity index (χ4v) is 1.83. The quantitative estimate of drug-likeness (QED) is 0.727. The van der Waals surface area contributed by atoms with Crippen LogP contribution >= 0.6 is 0 Å². The molecule has 1 aromatic carbocycles. The predicted octanol–water partition coefficient (Wildman–Crippen LogP) is 3.62. The normalized spacial score (nSPS) is 13.3. The Bertz CT molecular complexity index is 482. The molecule has 2 aromatic rings. The minimum atomic E-state index is 0.525. The van der Waals surface area contributed by atoms with E-state index in [4.69, 9.17) is 0 Å². The molecule has 0 fully saturated rings. The van der Waals surface area contributed by atoms with E-state index >= 15 is 0 Å². The Morgan fingerprint density at radius 1 is 1.27 bits per heavy atom. The highest BCUT2D eigenvalue weighted by molar-refractivity contribution is 5.77. The fourth-order valence-electron chi connectivity index (χ4n) is 1.83. The van der Waals surface area contributed by atoms with E-state index in [1.165, 1.54) is 16.6 Å². The number of fused-ring (bicyclic) bond motifs is 1. The van der Waals surface area contributed by atoms with Crippen LogP contribution in [0.2, 0.25) is 0 Å². The molecule has 2 nitrogen and oxygen atoms in total. The van der Waals surface area contributed by atoms with Crippen LogP contribution < -0.4 is 0 Å². The molecule has 1 atom stereocenters. The van der Waals surface area contributed by atoms with Crippen LogP contribution in [0.3, 0.4) is 0 Å². The lowest BCUT2D eigenvalue weighted by Gasteiger charge is -2.12. The van der Waals surface area contributed by atoms with Gasteiger partial charge in [-0.15, -0.1) is 0 Å². The molecule has 0 saturated heterocycles. The molecule has 15 heavy (non-hydrogen) atoms. The van der Waals surface area contributed by atoms with Gasteiger partial charge in [-0.25, -0.2) is 4.98 Å². The summed E-state index contributed by atoms with van der Waals surface area (Å²) in [6, 6.07) is 4.94. The Kier molecular flexibility index (Phi) is 2.51. The SMILES string of the molecule is CCC(C)n1cnc2cc(C)c(C)cc21. The van der Waals surface area contributed by atoms with E-state index in [9.17, 15) is 0 Å². The molecule has 0 aliphatic carbocycles. The Morgan fingerprint density at radius 2 is 1.93 bits per heavy atom. The van der Waals surface area contributed by atoms with Crippen molar-refractivity contribution >= 4 is 11.0 Å². The molecule has 1 heterocycles. The summed E-state index contributed by atoms with van der Waals surface area (Å²) in [5, 5.41) is 0. The van der Waals surface area contributed by atoms with Crippen LogP contribution in [0.25, 0.3) is 11.0 Å². The summed E-state index contributed by atoms with van der Waals surface area (Å²) in [5.41, 5.74) is 5.02. The second kappa shape index (κ2) is 3.69. The molecule has 2 heteroatoms. The van der Waals surface area contributed by atoms with Crippen LogP contribution in [0.4, 0.5) is 0 Å². The van der Waals surface area contributed by atoms with Crippen LogP contribution in [0.5, 0.6) is 0 Å². The van der Waals surface area contributed by atoms with E-state index in [2.05, 4.69) is 49.4 Å². The molecule has 0 amide bonds. The largest absolute Gasteiger partial charge is 0.328 e. The maximum absolute atomic E-state index is 4.45. The van der Waals surface area contributed by atoms with E-state index < -0.39 is 0 Å². The standard InChI is InChI=1S/C13H18N2/c1-5-11(4)15-8-14-12-6-9(2)10(3)7-13(12)15/h6-8,11H,5H2,1-4H3. The molecule has 1 unspecified atom stereocenters. The highest BCUT2D eigenvalue weighted by Gasteiger charge is 2.08. The number of nitrogens with zero attached hydrogens (tertiary/aromatic N) is 2. The molecule has 0 saturated carbocycles. The van der Waals surface area contributed by atoms with Crippen LogP contribution in [-0.2, 0) is 0 Å². The van der Waals surface area contributed by atoms with Gasteiger partial charge in [0.15, 0.2) is 0 Å². The first-order chi connectivity index (χ1) is 7.13. The molecule has 0 spiro atoms. The number of benzene rings is 1. The first kappa shape index (κ1) is 10.2. The van der Waals surface area contributed by atoms with Gasteiger partial charge in [0.05, 0.1) is 17.4 Å². The lowest BCUT2D eigenvalue weighted by molar-refractivity contribution is 0.544. The molecule has 0 radical (unpaired) electrons. The van der Waals surface area contributed by atoms with Crippen molar-refractivity contribution < 1.29 is 0 Å². The Morgan fingerprint density at radius 3 is 2.60 bits per heavy atom. The third-order valence-corrected chi connectivity index (χ3v) is 3.26. The molecule has 80 valence electrons. The first-order valence-corrected chi connectivity index (χ1v) is 5.57. The summed E-state index contributed by atoms with van der Waals surface area (Å²) in [5.74, 6) is 0. The fraction of sp³-hybridized carbons (Fsp3) is 0.462. The van der Waals surface area contributed by atoms with E-state index in [1.807, 2.05) is 6.33 Å². The smallest absolute Gasteiger partial charge is 0.0960 e. The third kappa shape index (κ3) is 1.65. The zero-order valence-corrected chi connectivity index (χ0v) is 9.91. The monoisotopic (exact) mass is 202 g/mol. The predicted molar refractivity (Wildman–Crippen MR) is 64.2 cm³/mol. The van der Waals surface area contributed by atoms with Gasteiger partial charge in [0.2, 0.25) is 0 Å². The number of aromatic nitrogens is 2. The summed E-state index contributed by atoms with van der Waals surface area (Å²) >= 11 is 0. The van der Waals surface area contributed by atoms with Gasteiger partial charge in [-0.2, -0.15) is 0 Å². The van der Waals surface area contributed by atoms with Crippen molar-refractivity contribution in [2.45, 2.75) is 40.2 Å². The van der Waals surface area contributed by atoms with Crippen LogP contribution in [0.1, 0.15) is 37.4 Å². The molecular formula is C13H18N2. The topological polar surface area (TPSA) is 17.8 Å². The van der Waals surface area contributed by atoms with Gasteiger partial charge in [0.25, 0.3) is 0 Å². The Labute approximate surface area is 90.9 Å². The van der Waals surface area contributed by atoms with Crippen molar-refractivity contribution in [3.8, 4) is 0 Å². The van der Waals surface area contributed by atoms with E-state index in [-0.39, 0.29) is 0 Å². The van der Waals surface area contributed by atoms with Crippen molar-refractivity contribution in [1.29, 1.82) is 0 Å². The van der Waals surface area contributed by atoms with Crippen molar-refractivity contribution in [2.24, 2.45) is 0 Å². The summed E-state index contributed by atoms with van der Waals surface area (Å²) in [4.78, 5) is 4.45. The van der Waals surface area contributed by atoms with Crippen LogP contribution in [0, 0.1) is 13.8 Å². The number of aryl methyl sites for hydroxylation is 2. The van der Waals surface area contributed by atoms with Crippen LogP contribution in [0.15, 0.2) is 18.5 Å². The molecule has 1 aromatic heterocycles. The molecule has 0 aliphatic rings. The summed E-state index contributed by atoms with van der Waals surface area (Å²) in [7, 11) is 0. The zero-order chi connectivity index (χ0) is 11.0.